The van der Waals surface area contributed by atoms with Crippen molar-refractivity contribution >= 4 is 35.5 Å². The van der Waals surface area contributed by atoms with Crippen LogP contribution in [0.4, 0.5) is 0 Å². The Balaban J connectivity index is 0.00000144. The van der Waals surface area contributed by atoms with Crippen LogP contribution in [0.2, 0.25) is 0 Å². The molecule has 3 aliphatic carbocycles. The predicted octanol–water partition coefficient (Wildman–Crippen LogP) is 3.34. The number of rotatable bonds is 5. The average Bonchev–Trinajstić information content (AvgIpc) is 2.31. The van der Waals surface area contributed by atoms with Crippen LogP contribution in [-0.4, -0.2) is 40.6 Å². The molecule has 3 aliphatic rings. The molecule has 0 saturated heterocycles. The van der Waals surface area contributed by atoms with E-state index in [1.54, 1.807) is 0 Å². The van der Waals surface area contributed by atoms with Gasteiger partial charge in [-0.15, -0.1) is 0 Å². The number of unbranched alkanes of at least 4 members (excludes halogenated alkanes) is 2. The molecule has 17 heavy (non-hydrogen) atoms. The van der Waals surface area contributed by atoms with Gasteiger partial charge in [0, 0.05) is 0 Å². The Morgan fingerprint density at radius 2 is 1.59 bits per heavy atom. The van der Waals surface area contributed by atoms with Gasteiger partial charge in [0.15, 0.2) is 0 Å². The Morgan fingerprint density at radius 1 is 1.06 bits per heavy atom. The van der Waals surface area contributed by atoms with Gasteiger partial charge in [-0.3, -0.25) is 4.79 Å². The fraction of sp³-hybridized carbons (Fsp3) is 0.929. The number of aliphatic carboxylic acids is 1. The van der Waals surface area contributed by atoms with Gasteiger partial charge in [0.25, 0.3) is 0 Å². The Bertz CT molecular complexity index is 251. The van der Waals surface area contributed by atoms with Crippen molar-refractivity contribution in [3.05, 3.63) is 0 Å². The van der Waals surface area contributed by atoms with Gasteiger partial charge in [-0.25, -0.2) is 0 Å². The van der Waals surface area contributed by atoms with E-state index in [0.717, 1.165) is 19.3 Å². The summed E-state index contributed by atoms with van der Waals surface area (Å²) in [5, 5.41) is 9.31. The topological polar surface area (TPSA) is 37.3 Å². The van der Waals surface area contributed by atoms with E-state index in [0.29, 0.717) is 5.41 Å². The van der Waals surface area contributed by atoms with Crippen LogP contribution >= 0.6 is 0 Å². The van der Waals surface area contributed by atoms with Crippen molar-refractivity contribution in [2.45, 2.75) is 71.1 Å². The van der Waals surface area contributed by atoms with E-state index in [4.69, 9.17) is 0 Å². The van der Waals surface area contributed by atoms with Crippen LogP contribution in [0.25, 0.3) is 0 Å². The van der Waals surface area contributed by atoms with Crippen LogP contribution in [0.5, 0.6) is 0 Å². The van der Waals surface area contributed by atoms with Gasteiger partial charge in [-0.2, -0.15) is 0 Å². The SMILES string of the molecule is CCCCCC12CCC(C(=O)O)(CC1)CC2.[NaH]. The molecule has 0 amide bonds. The molecule has 3 fully saturated rings. The molecular formula is C14H25NaO2. The second kappa shape index (κ2) is 6.08. The summed E-state index contributed by atoms with van der Waals surface area (Å²) in [7, 11) is 0. The maximum atomic E-state index is 11.3. The molecule has 3 rings (SSSR count). The van der Waals surface area contributed by atoms with E-state index >= 15 is 0 Å². The maximum absolute atomic E-state index is 11.3. The Labute approximate surface area is 127 Å². The Kier molecular flexibility index (Phi) is 5.55. The van der Waals surface area contributed by atoms with Crippen molar-refractivity contribution in [3.8, 4) is 0 Å². The van der Waals surface area contributed by atoms with Crippen LogP contribution in [0, 0.1) is 10.8 Å². The van der Waals surface area contributed by atoms with Gasteiger partial charge in [0.2, 0.25) is 0 Å². The zero-order valence-electron chi connectivity index (χ0n) is 10.4. The van der Waals surface area contributed by atoms with Gasteiger partial charge in [0.05, 0.1) is 5.41 Å². The van der Waals surface area contributed by atoms with Gasteiger partial charge >= 0.3 is 35.5 Å². The molecule has 0 aromatic carbocycles. The number of carboxylic acid groups (broad SMARTS) is 1. The molecule has 0 aliphatic heterocycles. The number of hydrogen-bond acceptors (Lipinski definition) is 1. The molecule has 3 heteroatoms. The molecule has 0 radical (unpaired) electrons. The minimum atomic E-state index is -0.533. The molecule has 0 aromatic rings. The predicted molar refractivity (Wildman–Crippen MR) is 71.5 cm³/mol. The Morgan fingerprint density at radius 3 is 2.00 bits per heavy atom. The van der Waals surface area contributed by atoms with Gasteiger partial charge in [0.1, 0.15) is 0 Å². The summed E-state index contributed by atoms with van der Waals surface area (Å²) < 4.78 is 0. The molecule has 2 bridgehead atoms. The molecule has 0 aromatic heterocycles. The molecule has 0 spiro atoms. The molecular weight excluding hydrogens is 223 g/mol. The van der Waals surface area contributed by atoms with Crippen LogP contribution in [0.1, 0.15) is 71.1 Å². The standard InChI is InChI=1S/C14H24O2.Na.H/c1-2-3-4-5-13-6-9-14(10-7-13,11-8-13)12(15)16;;/h2-11H2,1H3,(H,15,16);;. The van der Waals surface area contributed by atoms with Gasteiger partial charge in [-0.1, -0.05) is 26.2 Å². The summed E-state index contributed by atoms with van der Waals surface area (Å²) in [6.45, 7) is 2.24. The summed E-state index contributed by atoms with van der Waals surface area (Å²) in [5.74, 6) is -0.533. The number of carboxylic acids is 1. The van der Waals surface area contributed by atoms with Crippen LogP contribution in [-0.2, 0) is 4.79 Å². The summed E-state index contributed by atoms with van der Waals surface area (Å²) in [6, 6.07) is 0. The van der Waals surface area contributed by atoms with E-state index in [2.05, 4.69) is 6.92 Å². The quantitative estimate of drug-likeness (QED) is 0.598. The molecule has 3 saturated carbocycles. The van der Waals surface area contributed by atoms with E-state index in [1.165, 1.54) is 44.9 Å². The van der Waals surface area contributed by atoms with Crippen molar-refractivity contribution in [2.24, 2.45) is 10.8 Å². The van der Waals surface area contributed by atoms with Gasteiger partial charge in [-0.05, 0) is 50.4 Å². The number of carbonyl (C=O) groups is 1. The summed E-state index contributed by atoms with van der Waals surface area (Å²) in [5.41, 5.74) is 0.207. The van der Waals surface area contributed by atoms with E-state index < -0.39 is 5.97 Å². The molecule has 1 N–H and O–H groups in total. The second-order valence-corrected chi connectivity index (χ2v) is 6.04. The van der Waals surface area contributed by atoms with Gasteiger partial charge < -0.3 is 5.11 Å². The normalized spacial score (nSPS) is 35.4. The monoisotopic (exact) mass is 248 g/mol. The summed E-state index contributed by atoms with van der Waals surface area (Å²) in [4.78, 5) is 11.3. The third-order valence-electron chi connectivity index (χ3n) is 5.17. The first-order valence-electron chi connectivity index (χ1n) is 6.86. The first-order valence-corrected chi connectivity index (χ1v) is 6.86. The van der Waals surface area contributed by atoms with Crippen LogP contribution < -0.4 is 0 Å². The molecule has 94 valence electrons. The van der Waals surface area contributed by atoms with Crippen molar-refractivity contribution < 1.29 is 9.90 Å². The fourth-order valence-corrected chi connectivity index (χ4v) is 3.71. The average molecular weight is 248 g/mol. The third kappa shape index (κ3) is 3.08. The number of hydrogen-bond donors (Lipinski definition) is 1. The minimum absolute atomic E-state index is 0. The zero-order chi connectivity index (χ0) is 11.6. The first kappa shape index (κ1) is 15.5. The van der Waals surface area contributed by atoms with Crippen molar-refractivity contribution in [3.63, 3.8) is 0 Å². The fourth-order valence-electron chi connectivity index (χ4n) is 3.71. The Hall–Kier alpha value is 0.470. The second-order valence-electron chi connectivity index (χ2n) is 6.04. The van der Waals surface area contributed by atoms with Crippen molar-refractivity contribution in [1.82, 2.24) is 0 Å². The zero-order valence-corrected chi connectivity index (χ0v) is 10.4. The third-order valence-corrected chi connectivity index (χ3v) is 5.17. The summed E-state index contributed by atoms with van der Waals surface area (Å²) in [6.07, 6.45) is 11.6. The van der Waals surface area contributed by atoms with Crippen LogP contribution in [0.3, 0.4) is 0 Å². The van der Waals surface area contributed by atoms with E-state index in [9.17, 15) is 9.90 Å². The van der Waals surface area contributed by atoms with E-state index in [1.807, 2.05) is 0 Å². The van der Waals surface area contributed by atoms with E-state index in [-0.39, 0.29) is 35.0 Å². The molecule has 0 atom stereocenters. The van der Waals surface area contributed by atoms with Crippen molar-refractivity contribution in [1.29, 1.82) is 0 Å². The molecule has 2 nitrogen and oxygen atoms in total. The first-order chi connectivity index (χ1) is 7.63. The summed E-state index contributed by atoms with van der Waals surface area (Å²) >= 11 is 0. The molecule has 0 unspecified atom stereocenters. The number of fused-ring (bicyclic) bond motifs is 3. The molecule has 0 heterocycles. The van der Waals surface area contributed by atoms with Crippen molar-refractivity contribution in [2.75, 3.05) is 0 Å². The van der Waals surface area contributed by atoms with Crippen LogP contribution in [0.15, 0.2) is 0 Å².